The lowest BCUT2D eigenvalue weighted by molar-refractivity contribution is -0.274. The maximum absolute atomic E-state index is 12.8. The summed E-state index contributed by atoms with van der Waals surface area (Å²) in [6.45, 7) is 11.1. The molecule has 5 aromatic rings. The third-order valence-corrected chi connectivity index (χ3v) is 8.72. The Morgan fingerprint density at radius 1 is 1.02 bits per heavy atom. The van der Waals surface area contributed by atoms with Crippen molar-refractivity contribution in [1.82, 2.24) is 24.6 Å². The molecule has 0 spiro atoms. The van der Waals surface area contributed by atoms with Crippen molar-refractivity contribution in [2.45, 2.75) is 65.7 Å². The summed E-state index contributed by atoms with van der Waals surface area (Å²) >= 11 is 1.46. The van der Waals surface area contributed by atoms with Gasteiger partial charge in [0.25, 0.3) is 0 Å². The van der Waals surface area contributed by atoms with Crippen LogP contribution in [0.3, 0.4) is 0 Å². The lowest BCUT2D eigenvalue weighted by Gasteiger charge is -2.16. The molecule has 0 saturated heterocycles. The molecule has 0 aliphatic heterocycles. The number of ether oxygens (including phenoxy) is 1. The van der Waals surface area contributed by atoms with Crippen molar-refractivity contribution in [1.29, 1.82) is 0 Å². The van der Waals surface area contributed by atoms with Gasteiger partial charge in [-0.25, -0.2) is 14.5 Å². The minimum absolute atomic E-state index is 0.263. The maximum atomic E-state index is 12.8. The van der Waals surface area contributed by atoms with Crippen LogP contribution in [0, 0.1) is 13.8 Å². The number of benzene rings is 3. The average molecular weight is 663 g/mol. The Morgan fingerprint density at radius 3 is 2.43 bits per heavy atom. The quantitative estimate of drug-likeness (QED) is 0.152. The Hall–Kier alpha value is -4.71. The third-order valence-electron chi connectivity index (χ3n) is 7.78. The van der Waals surface area contributed by atoms with Crippen LogP contribution in [0.25, 0.3) is 22.8 Å². The van der Waals surface area contributed by atoms with Gasteiger partial charge in [-0.2, -0.15) is 4.99 Å². The zero-order chi connectivity index (χ0) is 33.7. The van der Waals surface area contributed by atoms with Crippen molar-refractivity contribution in [3.63, 3.8) is 0 Å². The van der Waals surface area contributed by atoms with Crippen molar-refractivity contribution in [3.05, 3.63) is 106 Å². The molecule has 3 aromatic carbocycles. The van der Waals surface area contributed by atoms with Gasteiger partial charge in [0.2, 0.25) is 0 Å². The van der Waals surface area contributed by atoms with Gasteiger partial charge in [0.15, 0.2) is 10.6 Å². The molecule has 0 radical (unpaired) electrons. The summed E-state index contributed by atoms with van der Waals surface area (Å²) in [4.78, 5) is 22.2. The number of rotatable bonds is 10. The van der Waals surface area contributed by atoms with Crippen LogP contribution in [0.4, 0.5) is 18.0 Å². The van der Waals surface area contributed by atoms with Gasteiger partial charge in [0, 0.05) is 23.2 Å². The number of amides is 2. The predicted octanol–water partition coefficient (Wildman–Crippen LogP) is 8.62. The molecule has 47 heavy (non-hydrogen) atoms. The Kier molecular flexibility index (Phi) is 10.3. The van der Waals surface area contributed by atoms with Crippen molar-refractivity contribution >= 4 is 17.4 Å². The smallest absolute Gasteiger partial charge is 0.406 e. The van der Waals surface area contributed by atoms with Crippen molar-refractivity contribution in [2.24, 2.45) is 4.99 Å². The zero-order valence-corrected chi connectivity index (χ0v) is 27.7. The number of halogens is 3. The average Bonchev–Trinajstić information content (AvgIpc) is 3.66. The van der Waals surface area contributed by atoms with Gasteiger partial charge in [0.1, 0.15) is 12.1 Å². The first kappa shape index (κ1) is 33.6. The van der Waals surface area contributed by atoms with Crippen LogP contribution in [0.1, 0.15) is 67.8 Å². The number of urea groups is 1. The molecule has 1 N–H and O–H groups in total. The minimum atomic E-state index is -4.74. The lowest BCUT2D eigenvalue weighted by Crippen LogP contribution is -2.26. The second-order valence-corrected chi connectivity index (χ2v) is 12.6. The van der Waals surface area contributed by atoms with Gasteiger partial charge in [-0.05, 0) is 85.5 Å². The van der Waals surface area contributed by atoms with Crippen LogP contribution in [-0.4, -0.2) is 38.3 Å². The van der Waals surface area contributed by atoms with Gasteiger partial charge in [0.05, 0.1) is 11.4 Å². The van der Waals surface area contributed by atoms with E-state index in [0.29, 0.717) is 28.8 Å². The standard InChI is InChI=1S/C35H37F3N6O2S/c1-22(2)30-17-8-23(3)19-31(30)44-25(5)20-47-34(44)41-33(45)39-18-6-7-24(4)26-9-11-27(12-10-26)32-40-21-43(42-32)28-13-15-29(16-14-28)46-35(36,37)38/h8-17,19-22,24H,6-7,18H2,1-5H3,(H,39,45)/b41-34-. The summed E-state index contributed by atoms with van der Waals surface area (Å²) in [7, 11) is 0. The van der Waals surface area contributed by atoms with Gasteiger partial charge in [-0.1, -0.05) is 57.2 Å². The van der Waals surface area contributed by atoms with Crippen molar-refractivity contribution in [3.8, 4) is 28.5 Å². The topological polar surface area (TPSA) is 86.3 Å². The number of aromatic nitrogens is 4. The number of hydrogen-bond donors (Lipinski definition) is 1. The second kappa shape index (κ2) is 14.4. The molecule has 1 atom stereocenters. The fourth-order valence-electron chi connectivity index (χ4n) is 5.28. The van der Waals surface area contributed by atoms with Crippen LogP contribution in [0.15, 0.2) is 83.4 Å². The van der Waals surface area contributed by atoms with Gasteiger partial charge < -0.3 is 10.1 Å². The molecule has 0 bridgehead atoms. The maximum Gasteiger partial charge on any atom is 0.573 e. The van der Waals surface area contributed by atoms with E-state index in [9.17, 15) is 18.0 Å². The van der Waals surface area contributed by atoms with Crippen LogP contribution >= 0.6 is 11.3 Å². The molecule has 2 aromatic heterocycles. The summed E-state index contributed by atoms with van der Waals surface area (Å²) in [5, 5.41) is 9.43. The molecule has 5 rings (SSSR count). The van der Waals surface area contributed by atoms with Crippen molar-refractivity contribution in [2.75, 3.05) is 6.54 Å². The molecule has 2 amide bonds. The van der Waals surface area contributed by atoms with E-state index >= 15 is 0 Å². The number of carbonyl (C=O) groups is 1. The van der Waals surface area contributed by atoms with E-state index in [1.54, 1.807) is 0 Å². The molecule has 246 valence electrons. The number of nitrogens with one attached hydrogen (secondary N) is 1. The van der Waals surface area contributed by atoms with E-state index in [0.717, 1.165) is 40.9 Å². The van der Waals surface area contributed by atoms with Gasteiger partial charge in [-0.15, -0.1) is 29.6 Å². The molecule has 0 saturated carbocycles. The largest absolute Gasteiger partial charge is 0.573 e. The lowest BCUT2D eigenvalue weighted by atomic mass is 9.95. The predicted molar refractivity (Wildman–Crippen MR) is 177 cm³/mol. The first-order valence-electron chi connectivity index (χ1n) is 15.4. The molecule has 0 aliphatic rings. The number of carbonyl (C=O) groups excluding carboxylic acids is 1. The van der Waals surface area contributed by atoms with E-state index in [-0.39, 0.29) is 17.7 Å². The third kappa shape index (κ3) is 8.56. The van der Waals surface area contributed by atoms with E-state index in [4.69, 9.17) is 0 Å². The molecule has 8 nitrogen and oxygen atoms in total. The second-order valence-electron chi connectivity index (χ2n) is 11.8. The summed E-state index contributed by atoms with van der Waals surface area (Å²) in [6, 6.07) is 19.4. The Bertz CT molecular complexity index is 1890. The molecule has 1 unspecified atom stereocenters. The van der Waals surface area contributed by atoms with Crippen LogP contribution in [-0.2, 0) is 0 Å². The molecule has 2 heterocycles. The van der Waals surface area contributed by atoms with E-state index in [2.05, 4.69) is 75.6 Å². The monoisotopic (exact) mass is 662 g/mol. The van der Waals surface area contributed by atoms with Crippen LogP contribution in [0.2, 0.25) is 0 Å². The summed E-state index contributed by atoms with van der Waals surface area (Å²) in [5.41, 5.74) is 6.98. The number of nitrogens with zero attached hydrogens (tertiary/aromatic N) is 5. The zero-order valence-electron chi connectivity index (χ0n) is 26.9. The first-order valence-corrected chi connectivity index (χ1v) is 16.2. The summed E-state index contributed by atoms with van der Waals surface area (Å²) in [6.07, 6.45) is -1.57. The molecular weight excluding hydrogens is 625 g/mol. The Balaban J connectivity index is 1.15. The molecular formula is C35H37F3N6O2S. The molecule has 0 aliphatic carbocycles. The highest BCUT2D eigenvalue weighted by atomic mass is 32.1. The van der Waals surface area contributed by atoms with Crippen LogP contribution in [0.5, 0.6) is 5.75 Å². The Labute approximate surface area is 275 Å². The fraction of sp³-hybridized carbons (Fsp3) is 0.314. The van der Waals surface area contributed by atoms with Crippen LogP contribution < -0.4 is 14.9 Å². The highest BCUT2D eigenvalue weighted by Gasteiger charge is 2.31. The van der Waals surface area contributed by atoms with E-state index < -0.39 is 6.36 Å². The first-order chi connectivity index (χ1) is 22.4. The van der Waals surface area contributed by atoms with E-state index in [1.165, 1.54) is 52.2 Å². The Morgan fingerprint density at radius 2 is 1.74 bits per heavy atom. The summed E-state index contributed by atoms with van der Waals surface area (Å²) < 4.78 is 44.8. The number of hydrogen-bond acceptors (Lipinski definition) is 5. The van der Waals surface area contributed by atoms with Gasteiger partial charge in [-0.3, -0.25) is 4.57 Å². The molecule has 0 fully saturated rings. The SMILES string of the molecule is Cc1ccc(C(C)C)c(-n2c(C)cs/c2=N\C(=O)NCCCC(C)c2ccc(-c3ncn(-c4ccc(OC(F)(F)F)cc4)n3)cc2)c1. The number of alkyl halides is 3. The van der Waals surface area contributed by atoms with E-state index in [1.807, 2.05) is 36.6 Å². The number of aryl methyl sites for hydroxylation is 2. The number of thiazole rings is 1. The highest BCUT2D eigenvalue weighted by Crippen LogP contribution is 2.27. The minimum Gasteiger partial charge on any atom is -0.406 e. The molecule has 12 heteroatoms. The summed E-state index contributed by atoms with van der Waals surface area (Å²) in [5.74, 6) is 0.788. The van der Waals surface area contributed by atoms with Gasteiger partial charge >= 0.3 is 12.4 Å². The normalized spacial score (nSPS) is 12.8. The highest BCUT2D eigenvalue weighted by molar-refractivity contribution is 7.07. The van der Waals surface area contributed by atoms with Crippen molar-refractivity contribution < 1.29 is 22.7 Å². The fourth-order valence-corrected chi connectivity index (χ4v) is 6.14.